The maximum atomic E-state index is 6.20. The van der Waals surface area contributed by atoms with E-state index in [1.165, 1.54) is 15.7 Å². The van der Waals surface area contributed by atoms with Gasteiger partial charge in [0, 0.05) is 21.4 Å². The molecule has 3 heteroatoms. The van der Waals surface area contributed by atoms with Crippen LogP contribution in [0.25, 0.3) is 10.8 Å². The van der Waals surface area contributed by atoms with Crippen LogP contribution in [0.5, 0.6) is 0 Å². The standard InChI is InChI=1S/C17H14ClNS/c18-17-10-16(8-6-14(17)11-19)20-15-7-5-12-3-1-2-4-13(12)9-15/h1-10H,11,19H2. The number of benzene rings is 3. The van der Waals surface area contributed by atoms with Crippen molar-refractivity contribution in [3.8, 4) is 0 Å². The number of rotatable bonds is 3. The number of nitrogens with two attached hydrogens (primary N) is 1. The predicted molar refractivity (Wildman–Crippen MR) is 87.4 cm³/mol. The highest BCUT2D eigenvalue weighted by molar-refractivity contribution is 7.99. The second kappa shape index (κ2) is 5.88. The minimum atomic E-state index is 0.472. The molecule has 0 spiro atoms. The molecule has 0 saturated carbocycles. The molecule has 3 aromatic rings. The van der Waals surface area contributed by atoms with Gasteiger partial charge in [-0.15, -0.1) is 0 Å². The van der Waals surface area contributed by atoms with Crippen LogP contribution >= 0.6 is 23.4 Å². The zero-order chi connectivity index (χ0) is 13.9. The number of hydrogen-bond donors (Lipinski definition) is 1. The molecule has 0 saturated heterocycles. The lowest BCUT2D eigenvalue weighted by atomic mass is 10.1. The summed E-state index contributed by atoms with van der Waals surface area (Å²) in [5.41, 5.74) is 6.61. The molecule has 20 heavy (non-hydrogen) atoms. The summed E-state index contributed by atoms with van der Waals surface area (Å²) in [4.78, 5) is 2.34. The lowest BCUT2D eigenvalue weighted by molar-refractivity contribution is 1.07. The molecule has 0 aliphatic heterocycles. The Bertz CT molecular complexity index is 755. The lowest BCUT2D eigenvalue weighted by Crippen LogP contribution is -1.96. The van der Waals surface area contributed by atoms with Crippen molar-refractivity contribution in [2.45, 2.75) is 16.3 Å². The summed E-state index contributed by atoms with van der Waals surface area (Å²) in [5.74, 6) is 0. The van der Waals surface area contributed by atoms with Crippen molar-refractivity contribution in [1.82, 2.24) is 0 Å². The smallest absolute Gasteiger partial charge is 0.0462 e. The predicted octanol–water partition coefficient (Wildman–Crippen LogP) is 5.10. The molecule has 0 heterocycles. The van der Waals surface area contributed by atoms with E-state index in [4.69, 9.17) is 17.3 Å². The van der Waals surface area contributed by atoms with Crippen molar-refractivity contribution in [3.05, 3.63) is 71.2 Å². The van der Waals surface area contributed by atoms with Crippen molar-refractivity contribution in [2.75, 3.05) is 0 Å². The highest BCUT2D eigenvalue weighted by Crippen LogP contribution is 2.32. The highest BCUT2D eigenvalue weighted by Gasteiger charge is 2.03. The summed E-state index contributed by atoms with van der Waals surface area (Å²) < 4.78 is 0. The summed E-state index contributed by atoms with van der Waals surface area (Å²) in [6.07, 6.45) is 0. The number of fused-ring (bicyclic) bond motifs is 1. The van der Waals surface area contributed by atoms with Gasteiger partial charge in [-0.3, -0.25) is 0 Å². The van der Waals surface area contributed by atoms with Gasteiger partial charge in [0.05, 0.1) is 0 Å². The molecule has 0 aliphatic carbocycles. The third-order valence-electron chi connectivity index (χ3n) is 3.20. The average molecular weight is 300 g/mol. The van der Waals surface area contributed by atoms with Gasteiger partial charge in [-0.25, -0.2) is 0 Å². The molecule has 1 nitrogen and oxygen atoms in total. The Morgan fingerprint density at radius 3 is 2.30 bits per heavy atom. The van der Waals surface area contributed by atoms with Gasteiger partial charge < -0.3 is 5.73 Å². The second-order valence-electron chi connectivity index (χ2n) is 4.57. The summed E-state index contributed by atoms with van der Waals surface area (Å²) in [5, 5.41) is 3.24. The monoisotopic (exact) mass is 299 g/mol. The molecule has 100 valence electrons. The van der Waals surface area contributed by atoms with E-state index in [1.54, 1.807) is 11.8 Å². The first-order chi connectivity index (χ1) is 9.76. The summed E-state index contributed by atoms with van der Waals surface area (Å²) in [6, 6.07) is 20.9. The average Bonchev–Trinajstić information content (AvgIpc) is 2.47. The van der Waals surface area contributed by atoms with Crippen LogP contribution < -0.4 is 5.73 Å². The molecular weight excluding hydrogens is 286 g/mol. The molecule has 0 fully saturated rings. The molecule has 0 radical (unpaired) electrons. The van der Waals surface area contributed by atoms with E-state index in [2.05, 4.69) is 48.5 Å². The van der Waals surface area contributed by atoms with Gasteiger partial charge in [0.2, 0.25) is 0 Å². The molecule has 0 bridgehead atoms. The third-order valence-corrected chi connectivity index (χ3v) is 4.53. The topological polar surface area (TPSA) is 26.0 Å². The van der Waals surface area contributed by atoms with Gasteiger partial charge in [-0.2, -0.15) is 0 Å². The fraction of sp³-hybridized carbons (Fsp3) is 0.0588. The molecule has 0 atom stereocenters. The van der Waals surface area contributed by atoms with Gasteiger partial charge in [-0.05, 0) is 40.6 Å². The zero-order valence-electron chi connectivity index (χ0n) is 10.8. The second-order valence-corrected chi connectivity index (χ2v) is 6.12. The molecule has 0 amide bonds. The van der Waals surface area contributed by atoms with E-state index < -0.39 is 0 Å². The maximum absolute atomic E-state index is 6.20. The molecule has 3 aromatic carbocycles. The van der Waals surface area contributed by atoms with Gasteiger partial charge >= 0.3 is 0 Å². The van der Waals surface area contributed by atoms with Crippen molar-refractivity contribution in [1.29, 1.82) is 0 Å². The van der Waals surface area contributed by atoms with E-state index in [0.717, 1.165) is 15.5 Å². The summed E-state index contributed by atoms with van der Waals surface area (Å²) in [6.45, 7) is 0.472. The lowest BCUT2D eigenvalue weighted by Gasteiger charge is -2.06. The van der Waals surface area contributed by atoms with Crippen LogP contribution in [-0.4, -0.2) is 0 Å². The van der Waals surface area contributed by atoms with E-state index in [-0.39, 0.29) is 0 Å². The maximum Gasteiger partial charge on any atom is 0.0462 e. The van der Waals surface area contributed by atoms with Crippen LogP contribution in [0, 0.1) is 0 Å². The Balaban J connectivity index is 1.90. The van der Waals surface area contributed by atoms with Crippen molar-refractivity contribution < 1.29 is 0 Å². The first kappa shape index (κ1) is 13.5. The minimum absolute atomic E-state index is 0.472. The van der Waals surface area contributed by atoms with Crippen LogP contribution in [0.2, 0.25) is 5.02 Å². The SMILES string of the molecule is NCc1ccc(Sc2ccc3ccccc3c2)cc1Cl. The van der Waals surface area contributed by atoms with Crippen molar-refractivity contribution in [3.63, 3.8) is 0 Å². The van der Waals surface area contributed by atoms with E-state index in [0.29, 0.717) is 6.54 Å². The minimum Gasteiger partial charge on any atom is -0.326 e. The van der Waals surface area contributed by atoms with E-state index in [1.807, 2.05) is 12.1 Å². The summed E-state index contributed by atoms with van der Waals surface area (Å²) >= 11 is 7.91. The molecule has 2 N–H and O–H groups in total. The van der Waals surface area contributed by atoms with E-state index in [9.17, 15) is 0 Å². The molecule has 0 aliphatic rings. The van der Waals surface area contributed by atoms with Crippen molar-refractivity contribution in [2.24, 2.45) is 5.73 Å². The Hall–Kier alpha value is -1.48. The third kappa shape index (κ3) is 2.83. The van der Waals surface area contributed by atoms with Crippen LogP contribution in [-0.2, 0) is 6.54 Å². The largest absolute Gasteiger partial charge is 0.326 e. The Labute approximate surface area is 127 Å². The van der Waals surface area contributed by atoms with Crippen LogP contribution in [0.3, 0.4) is 0 Å². The highest BCUT2D eigenvalue weighted by atomic mass is 35.5. The van der Waals surface area contributed by atoms with Crippen molar-refractivity contribution >= 4 is 34.1 Å². The molecule has 0 aromatic heterocycles. The van der Waals surface area contributed by atoms with E-state index >= 15 is 0 Å². The summed E-state index contributed by atoms with van der Waals surface area (Å²) in [7, 11) is 0. The molecular formula is C17H14ClNS. The van der Waals surface area contributed by atoms with Gasteiger partial charge in [0.1, 0.15) is 0 Å². The van der Waals surface area contributed by atoms with Crippen LogP contribution in [0.4, 0.5) is 0 Å². The van der Waals surface area contributed by atoms with Crippen LogP contribution in [0.15, 0.2) is 70.5 Å². The Morgan fingerprint density at radius 1 is 0.850 bits per heavy atom. The molecule has 3 rings (SSSR count). The first-order valence-corrected chi connectivity index (χ1v) is 7.61. The number of halogens is 1. The Morgan fingerprint density at radius 2 is 1.55 bits per heavy atom. The normalized spacial score (nSPS) is 10.9. The fourth-order valence-electron chi connectivity index (χ4n) is 2.12. The van der Waals surface area contributed by atoms with Gasteiger partial charge in [0.15, 0.2) is 0 Å². The first-order valence-electron chi connectivity index (χ1n) is 6.41. The quantitative estimate of drug-likeness (QED) is 0.728. The molecule has 0 unspecified atom stereocenters. The Kier molecular flexibility index (Phi) is 3.97. The van der Waals surface area contributed by atoms with Gasteiger partial charge in [-0.1, -0.05) is 59.8 Å². The zero-order valence-corrected chi connectivity index (χ0v) is 12.4. The van der Waals surface area contributed by atoms with Gasteiger partial charge in [0.25, 0.3) is 0 Å². The van der Waals surface area contributed by atoms with Crippen LogP contribution in [0.1, 0.15) is 5.56 Å². The fourth-order valence-corrected chi connectivity index (χ4v) is 3.35. The number of hydrogen-bond acceptors (Lipinski definition) is 2.